The Hall–Kier alpha value is -1.10. The third-order valence-corrected chi connectivity index (χ3v) is 3.91. The van der Waals surface area contributed by atoms with Gasteiger partial charge in [0, 0.05) is 11.9 Å². The van der Waals surface area contributed by atoms with Gasteiger partial charge < -0.3 is 9.64 Å². The summed E-state index contributed by atoms with van der Waals surface area (Å²) < 4.78 is 5.14. The fourth-order valence-corrected chi connectivity index (χ4v) is 3.00. The summed E-state index contributed by atoms with van der Waals surface area (Å²) in [5.41, 5.74) is 1.01. The van der Waals surface area contributed by atoms with Crippen molar-refractivity contribution in [1.29, 1.82) is 0 Å². The first-order valence-electron chi connectivity index (χ1n) is 6.07. The molecule has 1 aliphatic heterocycles. The minimum atomic E-state index is -0.144. The van der Waals surface area contributed by atoms with Gasteiger partial charge in [-0.3, -0.25) is 0 Å². The summed E-state index contributed by atoms with van der Waals surface area (Å²) in [6, 6.07) is -0.144. The molecule has 0 aromatic carbocycles. The number of carbonyl (C=O) groups is 1. The fraction of sp³-hybridized carbons (Fsp3) is 0.667. The van der Waals surface area contributed by atoms with Crippen LogP contribution in [0.1, 0.15) is 31.9 Å². The smallest absolute Gasteiger partial charge is 0.328 e. The minimum absolute atomic E-state index is 0.111. The molecule has 4 nitrogen and oxygen atoms in total. The summed E-state index contributed by atoms with van der Waals surface area (Å²) >= 11 is 1.60. The number of nitrogens with zero attached hydrogens (tertiary/aromatic N) is 2. The zero-order valence-corrected chi connectivity index (χ0v) is 11.1. The van der Waals surface area contributed by atoms with Gasteiger partial charge in [-0.1, -0.05) is 0 Å². The molecule has 1 unspecified atom stereocenters. The second-order valence-corrected chi connectivity index (χ2v) is 5.07. The molecule has 0 bridgehead atoms. The van der Waals surface area contributed by atoms with Crippen LogP contribution in [0.15, 0.2) is 5.38 Å². The van der Waals surface area contributed by atoms with Crippen molar-refractivity contribution in [2.45, 2.75) is 39.2 Å². The highest BCUT2D eigenvalue weighted by atomic mass is 32.1. The zero-order chi connectivity index (χ0) is 12.3. The third kappa shape index (κ3) is 2.77. The first kappa shape index (κ1) is 12.4. The van der Waals surface area contributed by atoms with Gasteiger partial charge in [-0.05, 0) is 33.1 Å². The van der Waals surface area contributed by atoms with Crippen LogP contribution in [0, 0.1) is 6.92 Å². The van der Waals surface area contributed by atoms with Crippen molar-refractivity contribution in [2.24, 2.45) is 0 Å². The van der Waals surface area contributed by atoms with Crippen molar-refractivity contribution in [1.82, 2.24) is 4.98 Å². The molecule has 0 amide bonds. The van der Waals surface area contributed by atoms with E-state index in [4.69, 9.17) is 4.74 Å². The van der Waals surface area contributed by atoms with E-state index < -0.39 is 0 Å². The van der Waals surface area contributed by atoms with Gasteiger partial charge in [-0.25, -0.2) is 9.78 Å². The van der Waals surface area contributed by atoms with Crippen LogP contribution >= 0.6 is 11.3 Å². The molecule has 1 aromatic rings. The van der Waals surface area contributed by atoms with Gasteiger partial charge in [0.25, 0.3) is 0 Å². The van der Waals surface area contributed by atoms with Crippen LogP contribution in [0.5, 0.6) is 0 Å². The molecule has 1 saturated heterocycles. The van der Waals surface area contributed by atoms with Crippen molar-refractivity contribution < 1.29 is 9.53 Å². The molecule has 5 heteroatoms. The first-order valence-corrected chi connectivity index (χ1v) is 6.95. The van der Waals surface area contributed by atoms with E-state index in [1.807, 2.05) is 19.2 Å². The number of piperidine rings is 1. The SMILES string of the molecule is CCOC(=O)C1CCCCN1c1nc(C)cs1. The van der Waals surface area contributed by atoms with Gasteiger partial charge in [0.15, 0.2) is 5.13 Å². The van der Waals surface area contributed by atoms with E-state index in [1.54, 1.807) is 11.3 Å². The maximum absolute atomic E-state index is 11.9. The van der Waals surface area contributed by atoms with E-state index in [0.29, 0.717) is 6.61 Å². The highest BCUT2D eigenvalue weighted by molar-refractivity contribution is 7.13. The number of aryl methyl sites for hydroxylation is 1. The molecule has 0 N–H and O–H groups in total. The Morgan fingerprint density at radius 2 is 2.47 bits per heavy atom. The summed E-state index contributed by atoms with van der Waals surface area (Å²) in [6.07, 6.45) is 3.08. The second-order valence-electron chi connectivity index (χ2n) is 4.23. The molecule has 0 aliphatic carbocycles. The van der Waals surface area contributed by atoms with E-state index >= 15 is 0 Å². The van der Waals surface area contributed by atoms with Crippen molar-refractivity contribution >= 4 is 22.4 Å². The maximum Gasteiger partial charge on any atom is 0.328 e. The number of aromatic nitrogens is 1. The lowest BCUT2D eigenvalue weighted by molar-refractivity contribution is -0.145. The van der Waals surface area contributed by atoms with Crippen LogP contribution < -0.4 is 4.90 Å². The lowest BCUT2D eigenvalue weighted by Crippen LogP contribution is -2.45. The Labute approximate surface area is 106 Å². The monoisotopic (exact) mass is 254 g/mol. The molecule has 17 heavy (non-hydrogen) atoms. The molecule has 1 aliphatic rings. The molecular formula is C12H18N2O2S. The predicted octanol–water partition coefficient (Wildman–Crippen LogP) is 2.37. The molecule has 2 heterocycles. The average molecular weight is 254 g/mol. The lowest BCUT2D eigenvalue weighted by atomic mass is 10.0. The van der Waals surface area contributed by atoms with Crippen LogP contribution in [0.3, 0.4) is 0 Å². The molecule has 0 saturated carbocycles. The van der Waals surface area contributed by atoms with Crippen LogP contribution in [-0.2, 0) is 9.53 Å². The largest absolute Gasteiger partial charge is 0.464 e. The topological polar surface area (TPSA) is 42.4 Å². The van der Waals surface area contributed by atoms with E-state index in [1.165, 1.54) is 0 Å². The van der Waals surface area contributed by atoms with E-state index in [9.17, 15) is 4.79 Å². The van der Waals surface area contributed by atoms with Crippen LogP contribution in [0.25, 0.3) is 0 Å². The molecule has 2 rings (SSSR count). The van der Waals surface area contributed by atoms with E-state index in [0.717, 1.165) is 36.6 Å². The number of carbonyl (C=O) groups excluding carboxylic acids is 1. The van der Waals surface area contributed by atoms with Crippen molar-refractivity contribution in [3.63, 3.8) is 0 Å². The Balaban J connectivity index is 2.14. The highest BCUT2D eigenvalue weighted by Crippen LogP contribution is 2.28. The number of hydrogen-bond acceptors (Lipinski definition) is 5. The van der Waals surface area contributed by atoms with Gasteiger partial charge in [0.2, 0.25) is 0 Å². The summed E-state index contributed by atoms with van der Waals surface area (Å²) in [7, 11) is 0. The summed E-state index contributed by atoms with van der Waals surface area (Å²) in [5, 5.41) is 2.96. The average Bonchev–Trinajstić information content (AvgIpc) is 2.76. The fourth-order valence-electron chi connectivity index (χ4n) is 2.12. The zero-order valence-electron chi connectivity index (χ0n) is 10.3. The predicted molar refractivity (Wildman–Crippen MR) is 68.5 cm³/mol. The summed E-state index contributed by atoms with van der Waals surface area (Å²) in [4.78, 5) is 18.5. The number of thiazole rings is 1. The molecule has 0 spiro atoms. The summed E-state index contributed by atoms with van der Waals surface area (Å²) in [5.74, 6) is -0.111. The molecule has 1 fully saturated rings. The van der Waals surface area contributed by atoms with Gasteiger partial charge >= 0.3 is 5.97 Å². The molecule has 94 valence electrons. The molecule has 1 aromatic heterocycles. The van der Waals surface area contributed by atoms with Gasteiger partial charge in [-0.15, -0.1) is 11.3 Å². The third-order valence-electron chi connectivity index (χ3n) is 2.91. The highest BCUT2D eigenvalue weighted by Gasteiger charge is 2.31. The van der Waals surface area contributed by atoms with Crippen molar-refractivity contribution in [3.8, 4) is 0 Å². The van der Waals surface area contributed by atoms with Crippen LogP contribution in [0.2, 0.25) is 0 Å². The quantitative estimate of drug-likeness (QED) is 0.777. The van der Waals surface area contributed by atoms with Crippen LogP contribution in [0.4, 0.5) is 5.13 Å². The van der Waals surface area contributed by atoms with Gasteiger partial charge in [0.05, 0.1) is 12.3 Å². The van der Waals surface area contributed by atoms with E-state index in [2.05, 4.69) is 9.88 Å². The maximum atomic E-state index is 11.9. The Morgan fingerprint density at radius 3 is 3.12 bits per heavy atom. The first-order chi connectivity index (χ1) is 8.22. The Bertz CT molecular complexity index is 392. The standard InChI is InChI=1S/C12H18N2O2S/c1-3-16-11(15)10-6-4-5-7-14(10)12-13-9(2)8-17-12/h8,10H,3-7H2,1-2H3. The summed E-state index contributed by atoms with van der Waals surface area (Å²) in [6.45, 7) is 5.17. The Morgan fingerprint density at radius 1 is 1.65 bits per heavy atom. The second kappa shape index (κ2) is 5.49. The van der Waals surface area contributed by atoms with Gasteiger partial charge in [0.1, 0.15) is 6.04 Å². The number of rotatable bonds is 3. The van der Waals surface area contributed by atoms with Gasteiger partial charge in [-0.2, -0.15) is 0 Å². The number of anilines is 1. The van der Waals surface area contributed by atoms with Crippen molar-refractivity contribution in [3.05, 3.63) is 11.1 Å². The molecule has 1 atom stereocenters. The minimum Gasteiger partial charge on any atom is -0.464 e. The number of esters is 1. The lowest BCUT2D eigenvalue weighted by Gasteiger charge is -2.33. The Kier molecular flexibility index (Phi) is 3.99. The van der Waals surface area contributed by atoms with E-state index in [-0.39, 0.29) is 12.0 Å². The van der Waals surface area contributed by atoms with Crippen LogP contribution in [-0.4, -0.2) is 30.1 Å². The van der Waals surface area contributed by atoms with Crippen molar-refractivity contribution in [2.75, 3.05) is 18.1 Å². The molecular weight excluding hydrogens is 236 g/mol. The number of hydrogen-bond donors (Lipinski definition) is 0. The number of ether oxygens (including phenoxy) is 1. The molecule has 0 radical (unpaired) electrons. The normalized spacial score (nSPS) is 20.4.